The van der Waals surface area contributed by atoms with Crippen LogP contribution in [-0.2, 0) is 24.4 Å². The highest BCUT2D eigenvalue weighted by molar-refractivity contribution is 7.89. The monoisotopic (exact) mass is 395 g/mol. The van der Waals surface area contributed by atoms with Gasteiger partial charge in [-0.3, -0.25) is 14.4 Å². The van der Waals surface area contributed by atoms with Gasteiger partial charge < -0.3 is 15.7 Å². The van der Waals surface area contributed by atoms with Crippen molar-refractivity contribution in [3.05, 3.63) is 24.3 Å². The first-order valence-electron chi connectivity index (χ1n) is 8.68. The number of carbonyl (C=O) groups is 3. The smallest absolute Gasteiger partial charge is 0.306 e. The van der Waals surface area contributed by atoms with Crippen molar-refractivity contribution in [2.45, 2.75) is 24.2 Å². The van der Waals surface area contributed by atoms with E-state index in [0.717, 1.165) is 4.31 Å². The van der Waals surface area contributed by atoms with E-state index in [2.05, 4.69) is 10.6 Å². The fraction of sp³-hybridized carbons (Fsp3) is 0.471. The lowest BCUT2D eigenvalue weighted by molar-refractivity contribution is -0.141. The van der Waals surface area contributed by atoms with Gasteiger partial charge in [0.25, 0.3) is 0 Å². The number of nitrogens with one attached hydrogen (secondary N) is 2. The number of hydrogen-bond acceptors (Lipinski definition) is 5. The molecule has 3 N–H and O–H groups in total. The van der Waals surface area contributed by atoms with Crippen molar-refractivity contribution in [3.63, 3.8) is 0 Å². The molecule has 146 valence electrons. The van der Waals surface area contributed by atoms with Crippen LogP contribution in [0.2, 0.25) is 0 Å². The van der Waals surface area contributed by atoms with Crippen molar-refractivity contribution >= 4 is 33.5 Å². The van der Waals surface area contributed by atoms with Crippen LogP contribution >= 0.6 is 0 Å². The first kappa shape index (κ1) is 19.3. The number of carbonyl (C=O) groups excluding carboxylic acids is 2. The lowest BCUT2D eigenvalue weighted by Gasteiger charge is -2.26. The number of benzene rings is 1. The Hall–Kier alpha value is -2.46. The Kier molecular flexibility index (Phi) is 5.47. The summed E-state index contributed by atoms with van der Waals surface area (Å²) in [5, 5.41) is 14.3. The second kappa shape index (κ2) is 7.65. The summed E-state index contributed by atoms with van der Waals surface area (Å²) < 4.78 is 26.5. The first-order valence-corrected chi connectivity index (χ1v) is 10.1. The second-order valence-corrected chi connectivity index (χ2v) is 8.69. The van der Waals surface area contributed by atoms with Gasteiger partial charge in [0.2, 0.25) is 21.8 Å². The van der Waals surface area contributed by atoms with Gasteiger partial charge in [-0.05, 0) is 37.5 Å². The van der Waals surface area contributed by atoms with Gasteiger partial charge in [0.15, 0.2) is 0 Å². The van der Waals surface area contributed by atoms with E-state index in [4.69, 9.17) is 5.11 Å². The third kappa shape index (κ3) is 4.28. The molecule has 0 aromatic heterocycles. The van der Waals surface area contributed by atoms with Gasteiger partial charge in [-0.2, -0.15) is 4.31 Å². The third-order valence-corrected chi connectivity index (χ3v) is 6.74. The minimum Gasteiger partial charge on any atom is -0.481 e. The SMILES string of the molecule is O=C1CN(S(=O)(=O)c2cccc(NC(=O)[C@H]3CC[C@@H](C(=O)O)C3)c2)CCN1. The molecule has 27 heavy (non-hydrogen) atoms. The van der Waals surface area contributed by atoms with E-state index < -0.39 is 27.8 Å². The van der Waals surface area contributed by atoms with Gasteiger partial charge in [-0.1, -0.05) is 6.07 Å². The van der Waals surface area contributed by atoms with Crippen molar-refractivity contribution in [3.8, 4) is 0 Å². The van der Waals surface area contributed by atoms with Crippen LogP contribution in [0.1, 0.15) is 19.3 Å². The number of hydrogen-bond donors (Lipinski definition) is 3. The average Bonchev–Trinajstić information content (AvgIpc) is 3.12. The molecule has 2 amide bonds. The third-order valence-electron chi connectivity index (χ3n) is 4.90. The number of carboxylic acid groups (broad SMARTS) is 1. The van der Waals surface area contributed by atoms with Crippen LogP contribution in [0.3, 0.4) is 0 Å². The molecule has 1 aromatic rings. The van der Waals surface area contributed by atoms with Crippen molar-refractivity contribution in [2.24, 2.45) is 11.8 Å². The van der Waals surface area contributed by atoms with Crippen LogP contribution < -0.4 is 10.6 Å². The zero-order chi connectivity index (χ0) is 19.6. The Morgan fingerprint density at radius 1 is 1.22 bits per heavy atom. The van der Waals surface area contributed by atoms with Crippen molar-refractivity contribution in [2.75, 3.05) is 25.0 Å². The predicted molar refractivity (Wildman–Crippen MR) is 95.3 cm³/mol. The lowest BCUT2D eigenvalue weighted by Crippen LogP contribution is -2.49. The molecule has 0 radical (unpaired) electrons. The van der Waals surface area contributed by atoms with Gasteiger partial charge in [-0.25, -0.2) is 8.42 Å². The number of piperazine rings is 1. The maximum Gasteiger partial charge on any atom is 0.306 e. The Bertz CT molecular complexity index is 869. The normalized spacial score (nSPS) is 23.6. The molecule has 2 fully saturated rings. The Morgan fingerprint density at radius 3 is 2.63 bits per heavy atom. The maximum absolute atomic E-state index is 12.7. The highest BCUT2D eigenvalue weighted by atomic mass is 32.2. The van der Waals surface area contributed by atoms with Crippen LogP contribution in [0, 0.1) is 11.8 Å². The van der Waals surface area contributed by atoms with Gasteiger partial charge in [0, 0.05) is 24.7 Å². The second-order valence-electron chi connectivity index (χ2n) is 6.75. The molecule has 3 rings (SSSR count). The quantitative estimate of drug-likeness (QED) is 0.654. The minimum absolute atomic E-state index is 0.00941. The zero-order valence-corrected chi connectivity index (χ0v) is 15.4. The molecule has 1 saturated heterocycles. The maximum atomic E-state index is 12.7. The number of amides is 2. The molecule has 1 heterocycles. The van der Waals surface area contributed by atoms with Crippen molar-refractivity contribution in [1.82, 2.24) is 9.62 Å². The van der Waals surface area contributed by atoms with E-state index in [-0.39, 0.29) is 42.8 Å². The summed E-state index contributed by atoms with van der Waals surface area (Å²) >= 11 is 0. The van der Waals surface area contributed by atoms with Crippen molar-refractivity contribution in [1.29, 1.82) is 0 Å². The molecule has 9 nitrogen and oxygen atoms in total. The molecule has 0 bridgehead atoms. The standard InChI is InChI=1S/C17H21N3O6S/c21-15-10-20(7-6-18-15)27(25,26)14-3-1-2-13(9-14)19-16(22)11-4-5-12(8-11)17(23)24/h1-3,9,11-12H,4-8,10H2,(H,18,21)(H,19,22)(H,23,24)/t11-,12+/m0/s1. The van der Waals surface area contributed by atoms with E-state index in [1.165, 1.54) is 18.2 Å². The molecule has 2 atom stereocenters. The number of carboxylic acids is 1. The van der Waals surface area contributed by atoms with Crippen LogP contribution in [0.25, 0.3) is 0 Å². The molecule has 1 aliphatic carbocycles. The lowest BCUT2D eigenvalue weighted by atomic mass is 10.0. The molecule has 0 spiro atoms. The fourth-order valence-electron chi connectivity index (χ4n) is 3.39. The fourth-order valence-corrected chi connectivity index (χ4v) is 4.84. The van der Waals surface area contributed by atoms with Gasteiger partial charge in [0.1, 0.15) is 0 Å². The molecule has 1 aromatic carbocycles. The number of aliphatic carboxylic acids is 1. The van der Waals surface area contributed by atoms with Crippen LogP contribution in [-0.4, -0.2) is 55.2 Å². The highest BCUT2D eigenvalue weighted by Crippen LogP contribution is 2.32. The number of nitrogens with zero attached hydrogens (tertiary/aromatic N) is 1. The Balaban J connectivity index is 1.71. The zero-order valence-electron chi connectivity index (χ0n) is 14.6. The Morgan fingerprint density at radius 2 is 1.96 bits per heavy atom. The van der Waals surface area contributed by atoms with Crippen LogP contribution in [0.5, 0.6) is 0 Å². The molecular formula is C17H21N3O6S. The summed E-state index contributed by atoms with van der Waals surface area (Å²) in [6.45, 7) is 0.196. The molecule has 1 saturated carbocycles. The predicted octanol–water partition coefficient (Wildman–Crippen LogP) is 0.246. The topological polar surface area (TPSA) is 133 Å². The number of rotatable bonds is 5. The van der Waals surface area contributed by atoms with Gasteiger partial charge >= 0.3 is 5.97 Å². The summed E-state index contributed by atoms with van der Waals surface area (Å²) in [5.41, 5.74) is 0.321. The largest absolute Gasteiger partial charge is 0.481 e. The summed E-state index contributed by atoms with van der Waals surface area (Å²) in [7, 11) is -3.85. The minimum atomic E-state index is -3.85. The molecule has 0 unspecified atom stereocenters. The van der Waals surface area contributed by atoms with E-state index >= 15 is 0 Å². The van der Waals surface area contributed by atoms with Gasteiger partial charge in [0.05, 0.1) is 17.4 Å². The molecule has 1 aliphatic heterocycles. The van der Waals surface area contributed by atoms with E-state index in [1.54, 1.807) is 6.07 Å². The van der Waals surface area contributed by atoms with Crippen LogP contribution in [0.15, 0.2) is 29.2 Å². The number of anilines is 1. The highest BCUT2D eigenvalue weighted by Gasteiger charge is 2.34. The summed E-state index contributed by atoms with van der Waals surface area (Å²) in [6, 6.07) is 5.85. The Labute approximate surface area is 156 Å². The van der Waals surface area contributed by atoms with Crippen molar-refractivity contribution < 1.29 is 27.9 Å². The van der Waals surface area contributed by atoms with E-state index in [1.807, 2.05) is 0 Å². The summed E-state index contributed by atoms with van der Waals surface area (Å²) in [4.78, 5) is 34.9. The molecular weight excluding hydrogens is 374 g/mol. The first-order chi connectivity index (χ1) is 12.8. The van der Waals surface area contributed by atoms with Crippen LogP contribution in [0.4, 0.5) is 5.69 Å². The molecule has 10 heteroatoms. The van der Waals surface area contributed by atoms with Gasteiger partial charge in [-0.15, -0.1) is 0 Å². The van der Waals surface area contributed by atoms with E-state index in [0.29, 0.717) is 18.5 Å². The summed E-state index contributed by atoms with van der Waals surface area (Å²) in [6.07, 6.45) is 1.23. The average molecular weight is 395 g/mol. The number of sulfonamides is 1. The van der Waals surface area contributed by atoms with E-state index in [9.17, 15) is 22.8 Å². The summed E-state index contributed by atoms with van der Waals surface area (Å²) in [5.74, 6) is -2.49. The molecule has 2 aliphatic rings.